The third-order valence-corrected chi connectivity index (χ3v) is 3.81. The third-order valence-electron chi connectivity index (χ3n) is 3.81. The lowest BCUT2D eigenvalue weighted by molar-refractivity contribution is 0.258. The van der Waals surface area contributed by atoms with E-state index in [-0.39, 0.29) is 0 Å². The van der Waals surface area contributed by atoms with Crippen LogP contribution in [-0.4, -0.2) is 30.6 Å². The molecular formula is C14H30N2. The molecule has 0 aromatic heterocycles. The summed E-state index contributed by atoms with van der Waals surface area (Å²) in [4.78, 5) is 2.67. The van der Waals surface area contributed by atoms with Gasteiger partial charge in [0.15, 0.2) is 0 Å². The van der Waals surface area contributed by atoms with Crippen LogP contribution in [0.1, 0.15) is 58.8 Å². The molecule has 2 atom stereocenters. The van der Waals surface area contributed by atoms with Crippen LogP contribution < -0.4 is 5.73 Å². The average Bonchev–Trinajstić information content (AvgIpc) is 2.56. The number of unbranched alkanes of at least 4 members (excludes halogenated alkanes) is 5. The SMILES string of the molecule is C[C@@H]1C[C@@H](C)N(CCCCCCCCN)C1. The number of likely N-dealkylation sites (tertiary alicyclic amines) is 1. The fraction of sp³-hybridized carbons (Fsp3) is 1.00. The summed E-state index contributed by atoms with van der Waals surface area (Å²) in [5.41, 5.74) is 5.47. The van der Waals surface area contributed by atoms with Gasteiger partial charge in [-0.05, 0) is 45.2 Å². The zero-order chi connectivity index (χ0) is 11.8. The summed E-state index contributed by atoms with van der Waals surface area (Å²) in [6.07, 6.45) is 9.51. The molecule has 2 N–H and O–H groups in total. The summed E-state index contributed by atoms with van der Waals surface area (Å²) >= 11 is 0. The van der Waals surface area contributed by atoms with Gasteiger partial charge in [-0.3, -0.25) is 0 Å². The Labute approximate surface area is 102 Å². The Balaban J connectivity index is 1.91. The number of hydrogen-bond acceptors (Lipinski definition) is 2. The Bertz CT molecular complexity index is 170. The number of hydrogen-bond donors (Lipinski definition) is 1. The molecule has 0 aliphatic carbocycles. The van der Waals surface area contributed by atoms with Gasteiger partial charge in [0, 0.05) is 12.6 Å². The standard InChI is InChI=1S/C14H30N2/c1-13-11-14(2)16(12-13)10-8-6-4-3-5-7-9-15/h13-14H,3-12,15H2,1-2H3/t13-,14-/m1/s1. The highest BCUT2D eigenvalue weighted by molar-refractivity contribution is 4.79. The van der Waals surface area contributed by atoms with E-state index in [2.05, 4.69) is 18.7 Å². The predicted octanol–water partition coefficient (Wildman–Crippen LogP) is 3.02. The molecule has 0 unspecified atom stereocenters. The van der Waals surface area contributed by atoms with Crippen molar-refractivity contribution in [3.63, 3.8) is 0 Å². The summed E-state index contributed by atoms with van der Waals surface area (Å²) in [6, 6.07) is 0.826. The van der Waals surface area contributed by atoms with E-state index in [1.807, 2.05) is 0 Å². The average molecular weight is 226 g/mol. The molecule has 0 aromatic carbocycles. The van der Waals surface area contributed by atoms with Crippen molar-refractivity contribution >= 4 is 0 Å². The molecule has 1 fully saturated rings. The van der Waals surface area contributed by atoms with E-state index in [0.29, 0.717) is 0 Å². The van der Waals surface area contributed by atoms with Gasteiger partial charge in [-0.25, -0.2) is 0 Å². The normalized spacial score (nSPS) is 26.4. The Morgan fingerprint density at radius 3 is 2.19 bits per heavy atom. The van der Waals surface area contributed by atoms with Crippen LogP contribution >= 0.6 is 0 Å². The highest BCUT2D eigenvalue weighted by Gasteiger charge is 2.24. The smallest absolute Gasteiger partial charge is 0.00700 e. The number of nitrogens with zero attached hydrogens (tertiary/aromatic N) is 1. The van der Waals surface area contributed by atoms with Crippen LogP contribution in [0.2, 0.25) is 0 Å². The summed E-state index contributed by atoms with van der Waals surface area (Å²) in [6.45, 7) is 8.27. The topological polar surface area (TPSA) is 29.3 Å². The van der Waals surface area contributed by atoms with Crippen molar-refractivity contribution in [3.8, 4) is 0 Å². The minimum atomic E-state index is 0.826. The summed E-state index contributed by atoms with van der Waals surface area (Å²) in [5, 5.41) is 0. The molecular weight excluding hydrogens is 196 g/mol. The zero-order valence-corrected chi connectivity index (χ0v) is 11.3. The lowest BCUT2D eigenvalue weighted by Gasteiger charge is -2.20. The molecule has 2 heteroatoms. The van der Waals surface area contributed by atoms with Gasteiger partial charge in [0.2, 0.25) is 0 Å². The van der Waals surface area contributed by atoms with Crippen molar-refractivity contribution in [1.82, 2.24) is 4.90 Å². The minimum absolute atomic E-state index is 0.826. The van der Waals surface area contributed by atoms with Crippen molar-refractivity contribution in [2.75, 3.05) is 19.6 Å². The minimum Gasteiger partial charge on any atom is -0.330 e. The zero-order valence-electron chi connectivity index (χ0n) is 11.3. The third kappa shape index (κ3) is 5.31. The molecule has 0 aromatic rings. The van der Waals surface area contributed by atoms with Crippen LogP contribution in [0.5, 0.6) is 0 Å². The molecule has 0 amide bonds. The van der Waals surface area contributed by atoms with Gasteiger partial charge >= 0.3 is 0 Å². The van der Waals surface area contributed by atoms with Crippen molar-refractivity contribution in [2.24, 2.45) is 11.7 Å². The molecule has 1 saturated heterocycles. The molecule has 0 radical (unpaired) electrons. The molecule has 1 rings (SSSR count). The highest BCUT2D eigenvalue weighted by atomic mass is 15.2. The van der Waals surface area contributed by atoms with E-state index < -0.39 is 0 Å². The van der Waals surface area contributed by atoms with Crippen LogP contribution in [-0.2, 0) is 0 Å². The Kier molecular flexibility index (Phi) is 7.06. The molecule has 0 bridgehead atoms. The monoisotopic (exact) mass is 226 g/mol. The number of rotatable bonds is 8. The quantitative estimate of drug-likeness (QED) is 0.645. The summed E-state index contributed by atoms with van der Waals surface area (Å²) in [5.74, 6) is 0.916. The van der Waals surface area contributed by atoms with Crippen molar-refractivity contribution in [1.29, 1.82) is 0 Å². The van der Waals surface area contributed by atoms with Gasteiger partial charge in [-0.1, -0.05) is 32.6 Å². The van der Waals surface area contributed by atoms with Crippen LogP contribution in [0.15, 0.2) is 0 Å². The fourth-order valence-corrected chi connectivity index (χ4v) is 2.86. The maximum atomic E-state index is 5.47. The van der Waals surface area contributed by atoms with Gasteiger partial charge in [0.1, 0.15) is 0 Å². The van der Waals surface area contributed by atoms with Gasteiger partial charge < -0.3 is 10.6 Å². The first-order valence-electron chi connectivity index (χ1n) is 7.18. The molecule has 2 nitrogen and oxygen atoms in total. The second-order valence-corrected chi connectivity index (χ2v) is 5.59. The molecule has 96 valence electrons. The fourth-order valence-electron chi connectivity index (χ4n) is 2.86. The van der Waals surface area contributed by atoms with E-state index >= 15 is 0 Å². The highest BCUT2D eigenvalue weighted by Crippen LogP contribution is 2.22. The van der Waals surface area contributed by atoms with Crippen molar-refractivity contribution in [2.45, 2.75) is 64.8 Å². The Hall–Kier alpha value is -0.0800. The van der Waals surface area contributed by atoms with E-state index in [0.717, 1.165) is 18.5 Å². The van der Waals surface area contributed by atoms with Crippen molar-refractivity contribution < 1.29 is 0 Å². The Morgan fingerprint density at radius 1 is 1.00 bits per heavy atom. The predicted molar refractivity (Wildman–Crippen MR) is 71.6 cm³/mol. The summed E-state index contributed by atoms with van der Waals surface area (Å²) < 4.78 is 0. The second-order valence-electron chi connectivity index (χ2n) is 5.59. The first-order chi connectivity index (χ1) is 7.74. The van der Waals surface area contributed by atoms with Crippen LogP contribution in [0.25, 0.3) is 0 Å². The van der Waals surface area contributed by atoms with Crippen molar-refractivity contribution in [3.05, 3.63) is 0 Å². The van der Waals surface area contributed by atoms with Gasteiger partial charge in [-0.15, -0.1) is 0 Å². The second kappa shape index (κ2) is 8.08. The number of nitrogens with two attached hydrogens (primary N) is 1. The maximum Gasteiger partial charge on any atom is 0.00700 e. The lowest BCUT2D eigenvalue weighted by atomic mass is 10.1. The van der Waals surface area contributed by atoms with Gasteiger partial charge in [-0.2, -0.15) is 0 Å². The first kappa shape index (κ1) is 14.0. The van der Waals surface area contributed by atoms with Crippen LogP contribution in [0.3, 0.4) is 0 Å². The Morgan fingerprint density at radius 2 is 1.62 bits per heavy atom. The molecule has 0 saturated carbocycles. The van der Waals surface area contributed by atoms with Gasteiger partial charge in [0.05, 0.1) is 0 Å². The summed E-state index contributed by atoms with van der Waals surface area (Å²) in [7, 11) is 0. The molecule has 1 heterocycles. The van der Waals surface area contributed by atoms with E-state index in [1.54, 1.807) is 0 Å². The molecule has 16 heavy (non-hydrogen) atoms. The van der Waals surface area contributed by atoms with E-state index in [4.69, 9.17) is 5.73 Å². The lowest BCUT2D eigenvalue weighted by Crippen LogP contribution is -2.28. The molecule has 0 spiro atoms. The van der Waals surface area contributed by atoms with E-state index in [1.165, 1.54) is 58.0 Å². The van der Waals surface area contributed by atoms with Crippen LogP contribution in [0, 0.1) is 5.92 Å². The van der Waals surface area contributed by atoms with Gasteiger partial charge in [0.25, 0.3) is 0 Å². The van der Waals surface area contributed by atoms with E-state index in [9.17, 15) is 0 Å². The maximum absolute atomic E-state index is 5.47. The molecule has 1 aliphatic rings. The van der Waals surface area contributed by atoms with Crippen LogP contribution in [0.4, 0.5) is 0 Å². The first-order valence-corrected chi connectivity index (χ1v) is 7.18. The largest absolute Gasteiger partial charge is 0.330 e. The molecule has 1 aliphatic heterocycles.